The predicted molar refractivity (Wildman–Crippen MR) is 81.6 cm³/mol. The first-order valence-electron chi connectivity index (χ1n) is 6.89. The highest BCUT2D eigenvalue weighted by atomic mass is 15.0. The number of rotatable bonds is 4. The van der Waals surface area contributed by atoms with Crippen molar-refractivity contribution in [1.29, 1.82) is 0 Å². The Morgan fingerprint density at radius 3 is 2.20 bits per heavy atom. The number of nitrogens with zero attached hydrogens (tertiary/aromatic N) is 2. The van der Waals surface area contributed by atoms with Gasteiger partial charge in [-0.3, -0.25) is 0 Å². The monoisotopic (exact) mass is 262 g/mol. The standard InChI is InChI=1S/C18H18N2/c1-20-14-19-13-18(20)17(16-10-6-3-7-11-16)12-15-8-4-2-5-9-15/h2-11,13-14,17H,12H2,1H3. The molecule has 0 radical (unpaired) electrons. The second kappa shape index (κ2) is 5.74. The summed E-state index contributed by atoms with van der Waals surface area (Å²) >= 11 is 0. The lowest BCUT2D eigenvalue weighted by Gasteiger charge is -2.18. The van der Waals surface area contributed by atoms with Crippen molar-refractivity contribution in [3.8, 4) is 0 Å². The Morgan fingerprint density at radius 1 is 0.950 bits per heavy atom. The summed E-state index contributed by atoms with van der Waals surface area (Å²) < 4.78 is 2.11. The summed E-state index contributed by atoms with van der Waals surface area (Å²) in [6.45, 7) is 0. The quantitative estimate of drug-likeness (QED) is 0.699. The molecule has 2 heteroatoms. The van der Waals surface area contributed by atoms with Crippen LogP contribution in [-0.4, -0.2) is 9.55 Å². The second-order valence-corrected chi connectivity index (χ2v) is 5.08. The molecule has 2 aromatic carbocycles. The molecule has 1 atom stereocenters. The molecule has 0 fully saturated rings. The van der Waals surface area contributed by atoms with Crippen molar-refractivity contribution in [2.45, 2.75) is 12.3 Å². The first-order chi connectivity index (χ1) is 9.84. The summed E-state index contributed by atoms with van der Waals surface area (Å²) in [4.78, 5) is 4.27. The number of hydrogen-bond acceptors (Lipinski definition) is 1. The van der Waals surface area contributed by atoms with Gasteiger partial charge in [0.2, 0.25) is 0 Å². The molecule has 0 aliphatic heterocycles. The highest BCUT2D eigenvalue weighted by molar-refractivity contribution is 5.31. The highest BCUT2D eigenvalue weighted by Gasteiger charge is 2.17. The van der Waals surface area contributed by atoms with Crippen LogP contribution in [0.1, 0.15) is 22.7 Å². The molecule has 3 rings (SSSR count). The number of hydrogen-bond donors (Lipinski definition) is 0. The van der Waals surface area contributed by atoms with Crippen molar-refractivity contribution in [2.24, 2.45) is 7.05 Å². The second-order valence-electron chi connectivity index (χ2n) is 5.08. The van der Waals surface area contributed by atoms with E-state index in [2.05, 4.69) is 77.3 Å². The van der Waals surface area contributed by atoms with E-state index in [4.69, 9.17) is 0 Å². The maximum Gasteiger partial charge on any atom is 0.0945 e. The molecular weight excluding hydrogens is 244 g/mol. The Hall–Kier alpha value is -2.35. The Kier molecular flexibility index (Phi) is 3.64. The smallest absolute Gasteiger partial charge is 0.0945 e. The van der Waals surface area contributed by atoms with E-state index >= 15 is 0 Å². The molecule has 0 saturated carbocycles. The SMILES string of the molecule is Cn1cncc1C(Cc1ccccc1)c1ccccc1. The van der Waals surface area contributed by atoms with Gasteiger partial charge in [-0.15, -0.1) is 0 Å². The molecule has 100 valence electrons. The first kappa shape index (κ1) is 12.7. The van der Waals surface area contributed by atoms with Gasteiger partial charge < -0.3 is 4.57 Å². The maximum absolute atomic E-state index is 4.27. The molecular formula is C18H18N2. The fraction of sp³-hybridized carbons (Fsp3) is 0.167. The zero-order chi connectivity index (χ0) is 13.8. The molecule has 3 aromatic rings. The topological polar surface area (TPSA) is 17.8 Å². The van der Waals surface area contributed by atoms with E-state index in [0.29, 0.717) is 5.92 Å². The van der Waals surface area contributed by atoms with Gasteiger partial charge in [-0.2, -0.15) is 0 Å². The molecule has 20 heavy (non-hydrogen) atoms. The number of imidazole rings is 1. The van der Waals surface area contributed by atoms with Crippen LogP contribution in [0, 0.1) is 0 Å². The summed E-state index contributed by atoms with van der Waals surface area (Å²) in [5, 5.41) is 0. The van der Waals surface area contributed by atoms with Gasteiger partial charge in [0, 0.05) is 24.9 Å². The molecule has 1 aromatic heterocycles. The fourth-order valence-electron chi connectivity index (χ4n) is 2.63. The van der Waals surface area contributed by atoms with Gasteiger partial charge in [-0.05, 0) is 17.5 Å². The van der Waals surface area contributed by atoms with Gasteiger partial charge in [-0.25, -0.2) is 4.98 Å². The van der Waals surface area contributed by atoms with Crippen LogP contribution >= 0.6 is 0 Å². The summed E-state index contributed by atoms with van der Waals surface area (Å²) in [5.41, 5.74) is 3.93. The van der Waals surface area contributed by atoms with Crippen LogP contribution in [0.15, 0.2) is 73.2 Å². The molecule has 2 nitrogen and oxygen atoms in total. The largest absolute Gasteiger partial charge is 0.337 e. The van der Waals surface area contributed by atoms with E-state index in [0.717, 1.165) is 6.42 Å². The summed E-state index contributed by atoms with van der Waals surface area (Å²) in [5.74, 6) is 0.339. The minimum absolute atomic E-state index is 0.339. The number of aryl methyl sites for hydroxylation is 1. The average Bonchev–Trinajstić information content (AvgIpc) is 2.93. The van der Waals surface area contributed by atoms with Crippen LogP contribution in [0.25, 0.3) is 0 Å². The van der Waals surface area contributed by atoms with E-state index in [1.807, 2.05) is 12.5 Å². The van der Waals surface area contributed by atoms with Gasteiger partial charge in [0.1, 0.15) is 0 Å². The van der Waals surface area contributed by atoms with Gasteiger partial charge in [0.25, 0.3) is 0 Å². The molecule has 0 aliphatic rings. The van der Waals surface area contributed by atoms with Gasteiger partial charge in [0.05, 0.1) is 6.33 Å². The minimum Gasteiger partial charge on any atom is -0.337 e. The van der Waals surface area contributed by atoms with Crippen LogP contribution in [0.3, 0.4) is 0 Å². The molecule has 0 saturated heterocycles. The Bertz CT molecular complexity index is 656. The first-order valence-corrected chi connectivity index (χ1v) is 6.89. The molecule has 0 amide bonds. The lowest BCUT2D eigenvalue weighted by molar-refractivity contribution is 0.715. The normalized spacial score (nSPS) is 12.2. The summed E-state index contributed by atoms with van der Waals surface area (Å²) in [6, 6.07) is 21.3. The Balaban J connectivity index is 1.98. The molecule has 1 heterocycles. The molecule has 0 spiro atoms. The van der Waals surface area contributed by atoms with E-state index in [1.165, 1.54) is 16.8 Å². The summed E-state index contributed by atoms with van der Waals surface area (Å²) in [6.07, 6.45) is 4.83. The van der Waals surface area contributed by atoms with Crippen LogP contribution in [0.4, 0.5) is 0 Å². The number of aromatic nitrogens is 2. The Labute approximate surface area is 119 Å². The van der Waals surface area contributed by atoms with E-state index in [9.17, 15) is 0 Å². The number of benzene rings is 2. The predicted octanol–water partition coefficient (Wildman–Crippen LogP) is 3.79. The van der Waals surface area contributed by atoms with E-state index < -0.39 is 0 Å². The molecule has 0 aliphatic carbocycles. The zero-order valence-corrected chi connectivity index (χ0v) is 11.6. The van der Waals surface area contributed by atoms with E-state index in [-0.39, 0.29) is 0 Å². The van der Waals surface area contributed by atoms with Crippen molar-refractivity contribution in [1.82, 2.24) is 9.55 Å². The van der Waals surface area contributed by atoms with Crippen LogP contribution in [0.5, 0.6) is 0 Å². The molecule has 1 unspecified atom stereocenters. The fourth-order valence-corrected chi connectivity index (χ4v) is 2.63. The molecule has 0 N–H and O–H groups in total. The third kappa shape index (κ3) is 2.64. The third-order valence-corrected chi connectivity index (χ3v) is 3.70. The maximum atomic E-state index is 4.27. The van der Waals surface area contributed by atoms with Crippen LogP contribution < -0.4 is 0 Å². The van der Waals surface area contributed by atoms with Gasteiger partial charge in [-0.1, -0.05) is 60.7 Å². The van der Waals surface area contributed by atoms with Gasteiger partial charge >= 0.3 is 0 Å². The minimum atomic E-state index is 0.339. The van der Waals surface area contributed by atoms with Crippen molar-refractivity contribution < 1.29 is 0 Å². The Morgan fingerprint density at radius 2 is 1.60 bits per heavy atom. The van der Waals surface area contributed by atoms with Crippen LogP contribution in [-0.2, 0) is 13.5 Å². The van der Waals surface area contributed by atoms with Gasteiger partial charge in [0.15, 0.2) is 0 Å². The van der Waals surface area contributed by atoms with Crippen molar-refractivity contribution in [3.05, 3.63) is 90.0 Å². The lowest BCUT2D eigenvalue weighted by atomic mass is 9.89. The summed E-state index contributed by atoms with van der Waals surface area (Å²) in [7, 11) is 2.06. The van der Waals surface area contributed by atoms with Crippen molar-refractivity contribution in [3.63, 3.8) is 0 Å². The highest BCUT2D eigenvalue weighted by Crippen LogP contribution is 2.27. The third-order valence-electron chi connectivity index (χ3n) is 3.70. The van der Waals surface area contributed by atoms with Crippen molar-refractivity contribution >= 4 is 0 Å². The lowest BCUT2D eigenvalue weighted by Crippen LogP contribution is -2.09. The van der Waals surface area contributed by atoms with Crippen molar-refractivity contribution in [2.75, 3.05) is 0 Å². The molecule has 0 bridgehead atoms. The van der Waals surface area contributed by atoms with Crippen LogP contribution in [0.2, 0.25) is 0 Å². The van der Waals surface area contributed by atoms with E-state index in [1.54, 1.807) is 0 Å². The zero-order valence-electron chi connectivity index (χ0n) is 11.6. The average molecular weight is 262 g/mol.